The van der Waals surface area contributed by atoms with Crippen LogP contribution >= 0.6 is 0 Å². The second kappa shape index (κ2) is 8.99. The number of para-hydroxylation sites is 1. The normalized spacial score (nSPS) is 16.8. The first kappa shape index (κ1) is 20.6. The summed E-state index contributed by atoms with van der Waals surface area (Å²) in [6.45, 7) is 6.47. The van der Waals surface area contributed by atoms with Crippen LogP contribution in [-0.4, -0.2) is 33.7 Å². The third-order valence-corrected chi connectivity index (χ3v) is 5.13. The van der Waals surface area contributed by atoms with Gasteiger partial charge < -0.3 is 14.8 Å². The standard InChI is InChI=1S/C23H25N5O3/c1-15(2)19-14-30-23(29)28(19)20-11-12-24-22(27-20)26-16(3)17-9-10-21(25-13-17)31-18-7-5-4-6-8-18/h4-13,15-16,19H,14H2,1-3H3,(H,24,26,27)/t16-,19?/m0/s1. The van der Waals surface area contributed by atoms with Crippen molar-refractivity contribution in [2.45, 2.75) is 32.9 Å². The van der Waals surface area contributed by atoms with E-state index in [1.54, 1.807) is 23.4 Å². The Kier molecular flexibility index (Phi) is 5.97. The number of hydrogen-bond acceptors (Lipinski definition) is 7. The number of rotatable bonds is 7. The van der Waals surface area contributed by atoms with Crippen LogP contribution in [0.2, 0.25) is 0 Å². The van der Waals surface area contributed by atoms with Crippen LogP contribution in [0.25, 0.3) is 0 Å². The largest absolute Gasteiger partial charge is 0.447 e. The van der Waals surface area contributed by atoms with Crippen LogP contribution in [0.1, 0.15) is 32.4 Å². The molecule has 1 unspecified atom stereocenters. The van der Waals surface area contributed by atoms with Crippen molar-refractivity contribution in [2.24, 2.45) is 5.92 Å². The van der Waals surface area contributed by atoms with Gasteiger partial charge in [0, 0.05) is 18.5 Å². The van der Waals surface area contributed by atoms with Crippen molar-refractivity contribution in [3.05, 3.63) is 66.5 Å². The Morgan fingerprint density at radius 1 is 1.10 bits per heavy atom. The minimum atomic E-state index is -0.380. The van der Waals surface area contributed by atoms with Gasteiger partial charge in [0.25, 0.3) is 0 Å². The van der Waals surface area contributed by atoms with Gasteiger partial charge in [-0.2, -0.15) is 4.98 Å². The van der Waals surface area contributed by atoms with E-state index in [2.05, 4.69) is 34.1 Å². The highest BCUT2D eigenvalue weighted by Crippen LogP contribution is 2.27. The molecule has 8 heteroatoms. The van der Waals surface area contributed by atoms with E-state index in [0.29, 0.717) is 24.3 Å². The molecule has 2 atom stereocenters. The fourth-order valence-electron chi connectivity index (χ4n) is 3.34. The summed E-state index contributed by atoms with van der Waals surface area (Å²) in [5, 5.41) is 3.27. The van der Waals surface area contributed by atoms with Gasteiger partial charge in [-0.15, -0.1) is 0 Å². The Morgan fingerprint density at radius 3 is 2.61 bits per heavy atom. The summed E-state index contributed by atoms with van der Waals surface area (Å²) in [7, 11) is 0. The van der Waals surface area contributed by atoms with Crippen molar-refractivity contribution >= 4 is 17.9 Å². The van der Waals surface area contributed by atoms with Crippen molar-refractivity contribution in [1.29, 1.82) is 0 Å². The van der Waals surface area contributed by atoms with Crippen LogP contribution in [-0.2, 0) is 4.74 Å². The molecule has 1 fully saturated rings. The van der Waals surface area contributed by atoms with Gasteiger partial charge in [0.2, 0.25) is 11.8 Å². The number of hydrogen-bond donors (Lipinski definition) is 1. The molecule has 0 spiro atoms. The molecule has 2 aromatic heterocycles. The second-order valence-corrected chi connectivity index (χ2v) is 7.71. The molecule has 1 saturated heterocycles. The summed E-state index contributed by atoms with van der Waals surface area (Å²) in [5.41, 5.74) is 0.954. The van der Waals surface area contributed by atoms with Gasteiger partial charge in [-0.1, -0.05) is 38.1 Å². The summed E-state index contributed by atoms with van der Waals surface area (Å²) in [6, 6.07) is 14.9. The average molecular weight is 419 g/mol. The van der Waals surface area contributed by atoms with Gasteiger partial charge in [0.05, 0.1) is 12.1 Å². The van der Waals surface area contributed by atoms with E-state index >= 15 is 0 Å². The topological polar surface area (TPSA) is 89.5 Å². The lowest BCUT2D eigenvalue weighted by atomic mass is 10.0. The molecule has 0 saturated carbocycles. The maximum atomic E-state index is 12.2. The lowest BCUT2D eigenvalue weighted by Gasteiger charge is -2.23. The van der Waals surface area contributed by atoms with Gasteiger partial charge in [-0.3, -0.25) is 4.90 Å². The number of carbonyl (C=O) groups is 1. The van der Waals surface area contributed by atoms with E-state index in [0.717, 1.165) is 11.3 Å². The van der Waals surface area contributed by atoms with E-state index < -0.39 is 0 Å². The van der Waals surface area contributed by atoms with Crippen LogP contribution in [0, 0.1) is 5.92 Å². The number of cyclic esters (lactones) is 1. The zero-order valence-electron chi connectivity index (χ0n) is 17.7. The second-order valence-electron chi connectivity index (χ2n) is 7.71. The molecule has 4 rings (SSSR count). The van der Waals surface area contributed by atoms with Crippen molar-refractivity contribution in [3.8, 4) is 11.6 Å². The SMILES string of the molecule is CC(C)C1COC(=O)N1c1ccnc(N[C@@H](C)c2ccc(Oc3ccccc3)nc2)n1. The molecule has 1 amide bonds. The highest BCUT2D eigenvalue weighted by atomic mass is 16.6. The fraction of sp³-hybridized carbons (Fsp3) is 0.304. The Bertz CT molecular complexity index is 1030. The Hall–Kier alpha value is -3.68. The van der Waals surface area contributed by atoms with E-state index in [9.17, 15) is 4.79 Å². The number of nitrogens with one attached hydrogen (secondary N) is 1. The van der Waals surface area contributed by atoms with Gasteiger partial charge >= 0.3 is 6.09 Å². The fourth-order valence-corrected chi connectivity index (χ4v) is 3.34. The summed E-state index contributed by atoms with van der Waals surface area (Å²) in [5.74, 6) is 2.46. The smallest absolute Gasteiger partial charge is 0.415 e. The number of ether oxygens (including phenoxy) is 2. The Labute approximate surface area is 181 Å². The van der Waals surface area contributed by atoms with Crippen LogP contribution in [0.5, 0.6) is 11.6 Å². The average Bonchev–Trinajstić information content (AvgIpc) is 3.17. The molecule has 31 heavy (non-hydrogen) atoms. The summed E-state index contributed by atoms with van der Waals surface area (Å²) >= 11 is 0. The molecule has 8 nitrogen and oxygen atoms in total. The Balaban J connectivity index is 1.44. The first-order chi connectivity index (χ1) is 15.0. The highest BCUT2D eigenvalue weighted by Gasteiger charge is 2.37. The van der Waals surface area contributed by atoms with Crippen LogP contribution in [0.4, 0.5) is 16.6 Å². The zero-order valence-corrected chi connectivity index (χ0v) is 17.7. The molecular weight excluding hydrogens is 394 g/mol. The number of carbonyl (C=O) groups excluding carboxylic acids is 1. The highest BCUT2D eigenvalue weighted by molar-refractivity contribution is 5.89. The zero-order chi connectivity index (χ0) is 21.8. The van der Waals surface area contributed by atoms with Crippen molar-refractivity contribution in [2.75, 3.05) is 16.8 Å². The first-order valence-corrected chi connectivity index (χ1v) is 10.3. The molecular formula is C23H25N5O3. The van der Waals surface area contributed by atoms with Crippen molar-refractivity contribution < 1.29 is 14.3 Å². The van der Waals surface area contributed by atoms with Gasteiger partial charge in [-0.25, -0.2) is 14.8 Å². The number of pyridine rings is 1. The van der Waals surface area contributed by atoms with Crippen molar-refractivity contribution in [3.63, 3.8) is 0 Å². The predicted molar refractivity (Wildman–Crippen MR) is 117 cm³/mol. The molecule has 3 aromatic rings. The predicted octanol–water partition coefficient (Wildman–Crippen LogP) is 4.82. The third kappa shape index (κ3) is 4.74. The molecule has 1 aliphatic rings. The molecule has 0 aliphatic carbocycles. The molecule has 0 radical (unpaired) electrons. The summed E-state index contributed by atoms with van der Waals surface area (Å²) < 4.78 is 11.0. The number of anilines is 2. The van der Waals surface area contributed by atoms with Crippen LogP contribution in [0.3, 0.4) is 0 Å². The quantitative estimate of drug-likeness (QED) is 0.587. The minimum absolute atomic E-state index is 0.0472. The van der Waals surface area contributed by atoms with Crippen molar-refractivity contribution in [1.82, 2.24) is 15.0 Å². The van der Waals surface area contributed by atoms with Gasteiger partial charge in [-0.05, 0) is 36.6 Å². The molecule has 1 aromatic carbocycles. The Morgan fingerprint density at radius 2 is 1.90 bits per heavy atom. The van der Waals surface area contributed by atoms with E-state index in [1.807, 2.05) is 49.4 Å². The number of benzene rings is 1. The molecule has 160 valence electrons. The van der Waals surface area contributed by atoms with Gasteiger partial charge in [0.1, 0.15) is 18.2 Å². The molecule has 1 aliphatic heterocycles. The lowest BCUT2D eigenvalue weighted by Crippen LogP contribution is -2.37. The number of aromatic nitrogens is 3. The minimum Gasteiger partial charge on any atom is -0.447 e. The lowest BCUT2D eigenvalue weighted by molar-refractivity contribution is 0.177. The van der Waals surface area contributed by atoms with E-state index in [4.69, 9.17) is 9.47 Å². The maximum absolute atomic E-state index is 12.2. The molecule has 0 bridgehead atoms. The molecule has 3 heterocycles. The van der Waals surface area contributed by atoms with Crippen LogP contribution < -0.4 is 15.0 Å². The first-order valence-electron chi connectivity index (χ1n) is 10.3. The third-order valence-electron chi connectivity index (χ3n) is 5.13. The number of amides is 1. The van der Waals surface area contributed by atoms with Gasteiger partial charge in [0.15, 0.2) is 0 Å². The monoisotopic (exact) mass is 419 g/mol. The maximum Gasteiger partial charge on any atom is 0.415 e. The summed E-state index contributed by atoms with van der Waals surface area (Å²) in [4.78, 5) is 27.0. The molecule has 1 N–H and O–H groups in total. The number of nitrogens with zero attached hydrogens (tertiary/aromatic N) is 4. The van der Waals surface area contributed by atoms with Crippen LogP contribution in [0.15, 0.2) is 60.9 Å². The van der Waals surface area contributed by atoms with E-state index in [1.165, 1.54) is 0 Å². The summed E-state index contributed by atoms with van der Waals surface area (Å²) in [6.07, 6.45) is 3.01. The van der Waals surface area contributed by atoms with E-state index in [-0.39, 0.29) is 24.1 Å².